The predicted octanol–water partition coefficient (Wildman–Crippen LogP) is 3.38. The molecule has 2 aromatic heterocycles. The summed E-state index contributed by atoms with van der Waals surface area (Å²) in [5, 5.41) is 0.232. The van der Waals surface area contributed by atoms with E-state index in [-0.39, 0.29) is 22.3 Å². The summed E-state index contributed by atoms with van der Waals surface area (Å²) < 4.78 is 57.6. The third-order valence-corrected chi connectivity index (χ3v) is 6.38. The summed E-state index contributed by atoms with van der Waals surface area (Å²) in [6.07, 6.45) is 3.93. The van der Waals surface area contributed by atoms with E-state index in [0.717, 1.165) is 16.4 Å². The molecule has 3 aromatic rings. The predicted molar refractivity (Wildman–Crippen MR) is 105 cm³/mol. The van der Waals surface area contributed by atoms with Gasteiger partial charge in [0.25, 0.3) is 0 Å². The fourth-order valence-corrected chi connectivity index (χ4v) is 4.65. The number of pyridine rings is 1. The van der Waals surface area contributed by atoms with Gasteiger partial charge in [-0.2, -0.15) is 12.7 Å². The van der Waals surface area contributed by atoms with Crippen molar-refractivity contribution in [3.8, 4) is 0 Å². The highest BCUT2D eigenvalue weighted by molar-refractivity contribution is 7.90. The summed E-state index contributed by atoms with van der Waals surface area (Å²) in [5.41, 5.74) is -1.07. The monoisotopic (exact) mass is 431 g/mol. The van der Waals surface area contributed by atoms with Gasteiger partial charge in [-0.15, -0.1) is 0 Å². The number of anilines is 1. The van der Waals surface area contributed by atoms with Gasteiger partial charge in [0.05, 0.1) is 17.8 Å². The number of aromatic nitrogens is 2. The number of rotatable bonds is 5. The normalized spacial score (nSPS) is 14.7. The molecule has 1 fully saturated rings. The Morgan fingerprint density at radius 1 is 1.27 bits per heavy atom. The highest BCUT2D eigenvalue weighted by Gasteiger charge is 2.29. The van der Waals surface area contributed by atoms with Crippen LogP contribution in [0.1, 0.15) is 28.8 Å². The maximum absolute atomic E-state index is 15.1. The Balaban J connectivity index is 1.75. The molecule has 0 aliphatic carbocycles. The van der Waals surface area contributed by atoms with Crippen LogP contribution in [0, 0.1) is 18.2 Å². The SMILES string of the molecule is [C-]#[N+]c1cnc2[nH]cc(C(=O)c3c(F)ccc(NS(=O)(=O)N4CCCC4)c3F)c2c1. The summed E-state index contributed by atoms with van der Waals surface area (Å²) in [5.74, 6) is -3.45. The Hall–Kier alpha value is -3.36. The first kappa shape index (κ1) is 19.9. The molecule has 4 rings (SSSR count). The van der Waals surface area contributed by atoms with Gasteiger partial charge in [0.15, 0.2) is 5.82 Å². The zero-order valence-corrected chi connectivity index (χ0v) is 16.3. The Morgan fingerprint density at radius 2 is 2.00 bits per heavy atom. The topological polar surface area (TPSA) is 99.5 Å². The third kappa shape index (κ3) is 3.40. The highest BCUT2D eigenvalue weighted by atomic mass is 32.2. The van der Waals surface area contributed by atoms with Crippen molar-refractivity contribution in [3.05, 3.63) is 64.8 Å². The fourth-order valence-electron chi connectivity index (χ4n) is 3.35. The molecule has 8 nitrogen and oxygen atoms in total. The van der Waals surface area contributed by atoms with E-state index in [1.54, 1.807) is 0 Å². The first-order chi connectivity index (χ1) is 14.3. The van der Waals surface area contributed by atoms with Crippen LogP contribution >= 0.6 is 0 Å². The maximum Gasteiger partial charge on any atom is 0.301 e. The van der Waals surface area contributed by atoms with Gasteiger partial charge in [-0.05, 0) is 31.0 Å². The number of hydrogen-bond donors (Lipinski definition) is 2. The molecule has 0 radical (unpaired) electrons. The van der Waals surface area contributed by atoms with Crippen molar-refractivity contribution in [2.24, 2.45) is 0 Å². The largest absolute Gasteiger partial charge is 0.345 e. The summed E-state index contributed by atoms with van der Waals surface area (Å²) in [6, 6.07) is 3.15. The van der Waals surface area contributed by atoms with E-state index < -0.39 is 38.9 Å². The molecule has 0 spiro atoms. The molecule has 0 saturated carbocycles. The minimum Gasteiger partial charge on any atom is -0.345 e. The molecule has 1 aliphatic heterocycles. The van der Waals surface area contributed by atoms with Gasteiger partial charge < -0.3 is 4.98 Å². The number of ketones is 1. The lowest BCUT2D eigenvalue weighted by atomic mass is 10.0. The van der Waals surface area contributed by atoms with E-state index in [2.05, 4.69) is 19.5 Å². The van der Waals surface area contributed by atoms with Crippen LogP contribution in [0.15, 0.2) is 30.6 Å². The number of halogens is 2. The molecule has 0 atom stereocenters. The standard InChI is InChI=1S/C19H15F2N5O3S/c1-22-11-8-12-13(10-24-19(12)23-9-11)18(27)16-14(20)4-5-15(17(16)21)25-30(28,29)26-6-2-3-7-26/h4-5,8-10,25H,2-3,6-7H2,(H,23,24). The number of H-pyrrole nitrogens is 1. The number of nitrogens with zero attached hydrogens (tertiary/aromatic N) is 3. The molecule has 1 aromatic carbocycles. The molecule has 30 heavy (non-hydrogen) atoms. The van der Waals surface area contributed by atoms with Crippen molar-refractivity contribution in [1.29, 1.82) is 0 Å². The highest BCUT2D eigenvalue weighted by Crippen LogP contribution is 2.29. The van der Waals surface area contributed by atoms with Crippen LogP contribution in [0.4, 0.5) is 20.2 Å². The second-order valence-electron chi connectivity index (χ2n) is 6.73. The van der Waals surface area contributed by atoms with Gasteiger partial charge in [-0.25, -0.2) is 13.6 Å². The number of carbonyl (C=O) groups is 1. The molecule has 1 aliphatic rings. The van der Waals surface area contributed by atoms with E-state index in [1.165, 1.54) is 18.5 Å². The number of fused-ring (bicyclic) bond motifs is 1. The van der Waals surface area contributed by atoms with Gasteiger partial charge >= 0.3 is 10.2 Å². The molecule has 154 valence electrons. The van der Waals surface area contributed by atoms with Gasteiger partial charge in [0.1, 0.15) is 11.5 Å². The number of nitrogens with one attached hydrogen (secondary N) is 2. The lowest BCUT2D eigenvalue weighted by molar-refractivity contribution is 0.103. The first-order valence-electron chi connectivity index (χ1n) is 8.97. The summed E-state index contributed by atoms with van der Waals surface area (Å²) in [7, 11) is -4.03. The molecular formula is C19H15F2N5O3S. The lowest BCUT2D eigenvalue weighted by Gasteiger charge is -2.18. The van der Waals surface area contributed by atoms with Crippen molar-refractivity contribution in [2.45, 2.75) is 12.8 Å². The summed E-state index contributed by atoms with van der Waals surface area (Å²) >= 11 is 0. The average molecular weight is 431 g/mol. The molecule has 11 heteroatoms. The quantitative estimate of drug-likeness (QED) is 0.478. The Kier molecular flexibility index (Phi) is 4.97. The first-order valence-corrected chi connectivity index (χ1v) is 10.4. The third-order valence-electron chi connectivity index (χ3n) is 4.85. The van der Waals surface area contributed by atoms with E-state index in [4.69, 9.17) is 6.57 Å². The van der Waals surface area contributed by atoms with Crippen LogP contribution in [-0.4, -0.2) is 41.6 Å². The van der Waals surface area contributed by atoms with Crippen LogP contribution in [0.25, 0.3) is 15.9 Å². The van der Waals surface area contributed by atoms with E-state index in [0.29, 0.717) is 25.9 Å². The van der Waals surface area contributed by atoms with Gasteiger partial charge in [-0.1, -0.05) is 0 Å². The second-order valence-corrected chi connectivity index (χ2v) is 8.40. The van der Waals surface area contributed by atoms with Crippen LogP contribution in [0.5, 0.6) is 0 Å². The van der Waals surface area contributed by atoms with Gasteiger partial charge in [0, 0.05) is 36.4 Å². The van der Waals surface area contributed by atoms with Crippen molar-refractivity contribution in [1.82, 2.24) is 14.3 Å². The van der Waals surface area contributed by atoms with Crippen molar-refractivity contribution in [2.75, 3.05) is 17.8 Å². The molecular weight excluding hydrogens is 416 g/mol. The average Bonchev–Trinajstić information content (AvgIpc) is 3.40. The van der Waals surface area contributed by atoms with Crippen LogP contribution in [0.3, 0.4) is 0 Å². The zero-order valence-electron chi connectivity index (χ0n) is 15.4. The second kappa shape index (κ2) is 7.47. The van der Waals surface area contributed by atoms with Crippen LogP contribution in [-0.2, 0) is 10.2 Å². The number of hydrogen-bond acceptors (Lipinski definition) is 4. The Bertz CT molecular complexity index is 1310. The van der Waals surface area contributed by atoms with Crippen molar-refractivity contribution >= 4 is 38.4 Å². The van der Waals surface area contributed by atoms with E-state index >= 15 is 4.39 Å². The molecule has 0 amide bonds. The number of benzene rings is 1. The number of carbonyl (C=O) groups excluding carboxylic acids is 1. The summed E-state index contributed by atoms with van der Waals surface area (Å²) in [6.45, 7) is 7.67. The molecule has 0 bridgehead atoms. The Labute approximate surface area is 170 Å². The van der Waals surface area contributed by atoms with Crippen molar-refractivity contribution in [3.63, 3.8) is 0 Å². The van der Waals surface area contributed by atoms with Crippen LogP contribution < -0.4 is 4.72 Å². The van der Waals surface area contributed by atoms with E-state index in [1.807, 2.05) is 0 Å². The van der Waals surface area contributed by atoms with Crippen molar-refractivity contribution < 1.29 is 22.0 Å². The molecule has 3 heterocycles. The fraction of sp³-hybridized carbons (Fsp3) is 0.211. The summed E-state index contributed by atoms with van der Waals surface area (Å²) in [4.78, 5) is 22.9. The van der Waals surface area contributed by atoms with Gasteiger partial charge in [0.2, 0.25) is 11.5 Å². The minimum atomic E-state index is -4.03. The maximum atomic E-state index is 15.1. The zero-order chi connectivity index (χ0) is 21.5. The molecule has 0 unspecified atom stereocenters. The van der Waals surface area contributed by atoms with E-state index in [9.17, 15) is 17.6 Å². The molecule has 1 saturated heterocycles. The van der Waals surface area contributed by atoms with Gasteiger partial charge in [-0.3, -0.25) is 14.5 Å². The lowest BCUT2D eigenvalue weighted by Crippen LogP contribution is -2.33. The smallest absolute Gasteiger partial charge is 0.301 e. The number of aromatic amines is 1. The molecule has 2 N–H and O–H groups in total. The van der Waals surface area contributed by atoms with Crippen LogP contribution in [0.2, 0.25) is 0 Å². The Morgan fingerprint density at radius 3 is 2.70 bits per heavy atom. The minimum absolute atomic E-state index is 0.0830.